The number of nitrogens with zero attached hydrogens (tertiary/aromatic N) is 6. The smallest absolute Gasteiger partial charge is 0.128 e. The molecule has 3 fully saturated rings. The van der Waals surface area contributed by atoms with Gasteiger partial charge in [0.15, 0.2) is 0 Å². The molecule has 3 radical (unpaired) electrons. The maximum absolute atomic E-state index is 9.68. The molecule has 0 unspecified atom stereocenters. The van der Waals surface area contributed by atoms with Gasteiger partial charge in [0, 0.05) is 163 Å². The van der Waals surface area contributed by atoms with Gasteiger partial charge in [-0.1, -0.05) is 304 Å². The van der Waals surface area contributed by atoms with Crippen LogP contribution in [-0.4, -0.2) is 29.9 Å². The van der Waals surface area contributed by atoms with Crippen LogP contribution in [0.2, 0.25) is 0 Å². The number of aryl methyl sites for hydroxylation is 7. The molecule has 0 amide bonds. The number of hydrogen-bond donors (Lipinski definition) is 0. The molecule has 0 saturated heterocycles. The molecule has 9 aromatic heterocycles. The minimum Gasteiger partial charge on any atom is -0.500 e. The van der Waals surface area contributed by atoms with E-state index in [-0.39, 0.29) is 137 Å². The summed E-state index contributed by atoms with van der Waals surface area (Å²) in [6.07, 6.45) is 16.7. The third-order valence-corrected chi connectivity index (χ3v) is 27.0. The molecule has 9 nitrogen and oxygen atoms in total. The van der Waals surface area contributed by atoms with Crippen LogP contribution in [0.4, 0.5) is 0 Å². The molecule has 3 aliphatic carbocycles. The largest absolute Gasteiger partial charge is 0.500 e. The molecule has 12 heteroatoms. The SMILES string of the molecule is [2H]C([2H])([2H])c1c[c-]c(-c2cc(C([2H])([2H])[2H])c(C([2H])([2H])[2H])cn2)cc1.[2H]C([2H])([2H])c1c[c-]c(-c2ccc(C([2H])([2H])[2H])cn2)cc1.[2H]C([2H])([2H])c1ccc(-c2[c-]cccc2)nc1.[2H]C([2H])([2H])c1cnc(-c2[c-]ccc3c2oc2c4ccccc4ccc32)cc1C1([2H])CC(C)(C)CC(C)(C)C1.[2H]C1(c2ccnc(-c3[c-]ccc4c3oc3c5ccccc5ccc43)c2)CC(C)(C)CC(C)(C)C1.[2H]C1(c2ccnc(-c3[c-]ccc4c3oc3c5ccccc5ccc43)c2)CC(C)(C)CC(C)(C)C1.[Ir].[Ir].[Ir]. The van der Waals surface area contributed by atoms with E-state index >= 15 is 0 Å². The van der Waals surface area contributed by atoms with Crippen LogP contribution in [0.15, 0.2) is 317 Å². The molecule has 0 spiro atoms. The van der Waals surface area contributed by atoms with Crippen LogP contribution < -0.4 is 0 Å². The second kappa shape index (κ2) is 43.8. The molecule has 0 atom stereocenters. The van der Waals surface area contributed by atoms with Crippen molar-refractivity contribution in [3.8, 4) is 67.5 Å². The third kappa shape index (κ3) is 24.0. The standard InChI is InChI=1S/C32H32NO.2C31H30NO.C14H14N.C13H12N.C12H10N.3Ir/c1-20-18-33-28(15-27(20)22-16-31(2,3)19-32(4,5)17-22)26-12-8-11-24-25-14-13-21-9-6-7-10-23(21)29(25)34-30(24)26;2*1-30(2)17-22(18-31(3,4)19-30)21-14-15-32-27(16-21)26-11-7-10-24-25-13-12-20-8-5-6-9-23(20)28(25)33-29(24)26;1-10-4-6-13(7-5-10)14-8-11(2)12(3)9-15-14;1-10-3-6-12(7-4-10)13-8-5-11(2)9-14-13;1-10-7-8-12(13-9-10)11-5-3-2-4-6-11;;;/h6-11,13-15,18,22H,16-17,19H2,1-5H3;2*5-10,12-16,22H,17-19H2,1-4H3;4-6,8-9H,1-3H3;3-6,8-9H,1-2H3;2-5,7-9H,1H3;;;/q6*-1;;;/i1D3,22D;2*22D;1D3,2D3,3D3;1D3,2D3;1D3;;;. The Kier molecular flexibility index (Phi) is 23.6. The Morgan fingerprint density at radius 2 is 0.621 bits per heavy atom. The first-order valence-corrected chi connectivity index (χ1v) is 48.3. The summed E-state index contributed by atoms with van der Waals surface area (Å²) < 4.78 is 205. The minimum atomic E-state index is -2.61. The van der Waals surface area contributed by atoms with E-state index in [1.54, 1.807) is 30.3 Å². The third-order valence-electron chi connectivity index (χ3n) is 27.0. The molecular weight excluding hydrogens is 2310 g/mol. The summed E-state index contributed by atoms with van der Waals surface area (Å²) in [5, 5.41) is 13.0. The predicted octanol–water partition coefficient (Wildman–Crippen LogP) is 36.6. The van der Waals surface area contributed by atoms with Gasteiger partial charge in [-0.2, -0.15) is 0 Å². The molecule has 9 heterocycles. The zero-order chi connectivity index (χ0) is 119. The van der Waals surface area contributed by atoms with Crippen molar-refractivity contribution >= 4 is 98.1 Å². The van der Waals surface area contributed by atoms with E-state index in [0.717, 1.165) is 178 Å². The molecule has 0 bridgehead atoms. The number of furan rings is 3. The second-order valence-corrected chi connectivity index (χ2v) is 42.7. The van der Waals surface area contributed by atoms with Crippen molar-refractivity contribution in [2.75, 3.05) is 0 Å². The fourth-order valence-electron chi connectivity index (χ4n) is 22.4. The molecule has 0 aliphatic heterocycles. The second-order valence-electron chi connectivity index (χ2n) is 42.7. The van der Waals surface area contributed by atoms with Crippen LogP contribution in [0.1, 0.15) is 247 Å². The summed E-state index contributed by atoms with van der Waals surface area (Å²) in [4.78, 5) is 26.3. The van der Waals surface area contributed by atoms with E-state index in [1.165, 1.54) is 71.8 Å². The summed E-state index contributed by atoms with van der Waals surface area (Å²) in [5.74, 6) is -2.33. The molecule has 145 heavy (non-hydrogen) atoms. The number of benzene rings is 12. The summed E-state index contributed by atoms with van der Waals surface area (Å²) in [6, 6.07) is 102. The molecule has 3 saturated carbocycles. The molecular formula is C133H128Ir3N6O3-6. The number of fused-ring (bicyclic) bond motifs is 15. The minimum absolute atomic E-state index is 0. The maximum atomic E-state index is 9.68. The Morgan fingerprint density at radius 3 is 0.993 bits per heavy atom. The number of rotatable bonds is 9. The van der Waals surface area contributed by atoms with E-state index < -0.39 is 65.6 Å². The van der Waals surface area contributed by atoms with Crippen LogP contribution in [0.3, 0.4) is 0 Å². The first kappa shape index (κ1) is 78.0. The molecule has 24 rings (SSSR count). The van der Waals surface area contributed by atoms with Gasteiger partial charge < -0.3 is 43.2 Å². The monoisotopic (exact) mass is 2460 g/mol. The normalized spacial score (nSPS) is 19.2. The van der Waals surface area contributed by atoms with E-state index in [9.17, 15) is 4.11 Å². The number of hydrogen-bond acceptors (Lipinski definition) is 9. The van der Waals surface area contributed by atoms with Gasteiger partial charge in [0.05, 0.1) is 16.7 Å². The van der Waals surface area contributed by atoms with Gasteiger partial charge in [-0.05, 0) is 232 Å². The van der Waals surface area contributed by atoms with Gasteiger partial charge in [-0.25, -0.2) is 0 Å². The van der Waals surface area contributed by atoms with Crippen LogP contribution in [0.5, 0.6) is 0 Å². The zero-order valence-corrected chi connectivity index (χ0v) is 90.3. The van der Waals surface area contributed by atoms with Gasteiger partial charge >= 0.3 is 0 Å². The van der Waals surface area contributed by atoms with Crippen molar-refractivity contribution in [1.29, 1.82) is 0 Å². The van der Waals surface area contributed by atoms with E-state index in [1.807, 2.05) is 97.3 Å². The summed E-state index contributed by atoms with van der Waals surface area (Å²) in [6.45, 7) is 10.8. The van der Waals surface area contributed by atoms with Crippen molar-refractivity contribution in [2.45, 2.75) is 207 Å². The van der Waals surface area contributed by atoms with Crippen LogP contribution in [0.25, 0.3) is 166 Å². The summed E-state index contributed by atoms with van der Waals surface area (Å²) >= 11 is 0. The maximum Gasteiger partial charge on any atom is 0.128 e. The molecule has 0 N–H and O–H groups in total. The summed E-state index contributed by atoms with van der Waals surface area (Å²) in [5.41, 5.74) is 16.0. The van der Waals surface area contributed by atoms with Gasteiger partial charge in [0.25, 0.3) is 0 Å². The Balaban J connectivity index is 0.000000144. The van der Waals surface area contributed by atoms with Gasteiger partial charge in [-0.15, -0.1) is 161 Å². The van der Waals surface area contributed by atoms with Gasteiger partial charge in [0.1, 0.15) is 16.7 Å². The molecule has 12 aromatic carbocycles. The fraction of sp³-hybridized carbons (Fsp3) is 0.278. The Hall–Kier alpha value is -12.3. The molecule has 21 aromatic rings. The average molecular weight is 2460 g/mol. The van der Waals surface area contributed by atoms with Crippen molar-refractivity contribution in [3.05, 3.63) is 396 Å². The van der Waals surface area contributed by atoms with Crippen molar-refractivity contribution in [3.63, 3.8) is 0 Å². The first-order chi connectivity index (χ1) is 77.6. The Bertz CT molecular complexity index is 8920. The van der Waals surface area contributed by atoms with E-state index in [2.05, 4.69) is 249 Å². The Morgan fingerprint density at radius 1 is 0.269 bits per heavy atom. The number of pyridine rings is 6. The van der Waals surface area contributed by atoms with Gasteiger partial charge in [0.2, 0.25) is 0 Å². The Labute approximate surface area is 931 Å². The number of aromatic nitrogens is 6. The van der Waals surface area contributed by atoms with Crippen LogP contribution in [0, 0.1) is 117 Å². The van der Waals surface area contributed by atoms with Crippen molar-refractivity contribution in [1.82, 2.24) is 29.9 Å². The average Bonchev–Trinajstić information content (AvgIpc) is 1.58. The first-order valence-electron chi connectivity index (χ1n) is 60.3. The zero-order valence-electron chi connectivity index (χ0n) is 107. The summed E-state index contributed by atoms with van der Waals surface area (Å²) in [7, 11) is 0. The molecule has 741 valence electrons. The van der Waals surface area contributed by atoms with E-state index in [0.29, 0.717) is 52.1 Å². The quantitative estimate of drug-likeness (QED) is 0.130. The van der Waals surface area contributed by atoms with Gasteiger partial charge in [-0.3, -0.25) is 0 Å². The fourth-order valence-corrected chi connectivity index (χ4v) is 22.4. The van der Waals surface area contributed by atoms with Crippen LogP contribution >= 0.6 is 0 Å². The predicted molar refractivity (Wildman–Crippen MR) is 591 cm³/mol. The molecule has 3 aliphatic rings. The van der Waals surface area contributed by atoms with E-state index in [4.69, 9.17) is 52.0 Å². The topological polar surface area (TPSA) is 117 Å². The van der Waals surface area contributed by atoms with Crippen molar-refractivity contribution < 1.29 is 106 Å². The van der Waals surface area contributed by atoms with Crippen molar-refractivity contribution in [2.24, 2.45) is 32.5 Å². The van der Waals surface area contributed by atoms with Crippen LogP contribution in [-0.2, 0) is 60.3 Å².